The number of amides is 1. The maximum atomic E-state index is 14.5. The Hall–Kier alpha value is -4.56. The van der Waals surface area contributed by atoms with Crippen LogP contribution in [-0.2, 0) is 27.4 Å². The predicted octanol–water partition coefficient (Wildman–Crippen LogP) is 10.6. The van der Waals surface area contributed by atoms with E-state index in [1.807, 2.05) is 99.6 Å². The molecular formula is C44H49FN2O4. The molecule has 0 radical (unpaired) electrons. The van der Waals surface area contributed by atoms with Gasteiger partial charge in [-0.1, -0.05) is 92.7 Å². The summed E-state index contributed by atoms with van der Waals surface area (Å²) in [5, 5.41) is 3.16. The van der Waals surface area contributed by atoms with Crippen LogP contribution in [0.15, 0.2) is 115 Å². The Labute approximate surface area is 301 Å². The Morgan fingerprint density at radius 1 is 0.863 bits per heavy atom. The van der Waals surface area contributed by atoms with E-state index in [2.05, 4.69) is 35.9 Å². The molecule has 1 amide bonds. The van der Waals surface area contributed by atoms with E-state index < -0.39 is 6.29 Å². The van der Waals surface area contributed by atoms with Gasteiger partial charge < -0.3 is 24.1 Å². The Morgan fingerprint density at radius 3 is 2.12 bits per heavy atom. The number of para-hydroxylation sites is 1. The van der Waals surface area contributed by atoms with Gasteiger partial charge in [-0.05, 0) is 86.2 Å². The van der Waals surface area contributed by atoms with Gasteiger partial charge in [-0.2, -0.15) is 0 Å². The number of rotatable bonds is 12. The molecule has 7 heteroatoms. The summed E-state index contributed by atoms with van der Waals surface area (Å²) in [5.74, 6) is -0.511. The van der Waals surface area contributed by atoms with Crippen molar-refractivity contribution in [3.63, 3.8) is 0 Å². The highest BCUT2D eigenvalue weighted by atomic mass is 19.1. The lowest BCUT2D eigenvalue weighted by Gasteiger charge is -2.38. The van der Waals surface area contributed by atoms with Crippen molar-refractivity contribution in [1.29, 1.82) is 0 Å². The first-order chi connectivity index (χ1) is 24.6. The molecule has 1 N–H and O–H groups in total. The smallest absolute Gasteiger partial charge is 0.258 e. The third-order valence-corrected chi connectivity index (χ3v) is 9.10. The quantitative estimate of drug-likeness (QED) is 0.142. The molecule has 0 saturated carbocycles. The second kappa shape index (κ2) is 16.2. The average Bonchev–Trinajstić information content (AvgIpc) is 3.46. The zero-order valence-corrected chi connectivity index (χ0v) is 30.3. The molecule has 1 aromatic heterocycles. The van der Waals surface area contributed by atoms with Crippen molar-refractivity contribution in [2.75, 3.05) is 5.32 Å². The van der Waals surface area contributed by atoms with E-state index >= 15 is 0 Å². The van der Waals surface area contributed by atoms with Gasteiger partial charge in [0.15, 0.2) is 6.29 Å². The van der Waals surface area contributed by atoms with Crippen molar-refractivity contribution in [3.8, 4) is 22.4 Å². The van der Waals surface area contributed by atoms with Crippen LogP contribution in [0.25, 0.3) is 22.4 Å². The third kappa shape index (κ3) is 9.22. The van der Waals surface area contributed by atoms with E-state index in [1.54, 1.807) is 12.1 Å². The molecule has 266 valence electrons. The fourth-order valence-electron chi connectivity index (χ4n) is 6.99. The standard InChI is InChI=1S/C44H49FN2O4/c1-30(2)41-40(43(48)46-35-19-13-8-14-20-35)39(32-17-11-7-12-18-32)42(33-21-23-34(45)24-22-33)47(41)26-25-36-27-37(28-38(50-36)51-44(3,4)5)49-29-31-15-9-6-10-16-31/h6-24,30,36-38H,25-29H2,1-5H3,(H,46,48)/t36-,37?,38?/m1/s1. The van der Waals surface area contributed by atoms with Crippen molar-refractivity contribution < 1.29 is 23.4 Å². The maximum Gasteiger partial charge on any atom is 0.258 e. The average molecular weight is 689 g/mol. The maximum absolute atomic E-state index is 14.5. The lowest BCUT2D eigenvalue weighted by atomic mass is 9.94. The molecule has 2 heterocycles. The van der Waals surface area contributed by atoms with Gasteiger partial charge in [0.05, 0.1) is 35.7 Å². The number of hydrogen-bond acceptors (Lipinski definition) is 4. The largest absolute Gasteiger partial charge is 0.373 e. The minimum Gasteiger partial charge on any atom is -0.373 e. The molecule has 0 bridgehead atoms. The summed E-state index contributed by atoms with van der Waals surface area (Å²) in [6.45, 7) is 11.4. The van der Waals surface area contributed by atoms with E-state index in [-0.39, 0.29) is 35.5 Å². The van der Waals surface area contributed by atoms with E-state index in [0.29, 0.717) is 43.7 Å². The highest BCUT2D eigenvalue weighted by Gasteiger charge is 2.35. The topological polar surface area (TPSA) is 61.7 Å². The van der Waals surface area contributed by atoms with Gasteiger partial charge in [-0.15, -0.1) is 0 Å². The molecule has 51 heavy (non-hydrogen) atoms. The molecule has 1 fully saturated rings. The van der Waals surface area contributed by atoms with Crippen LogP contribution >= 0.6 is 0 Å². The monoisotopic (exact) mass is 688 g/mol. The van der Waals surface area contributed by atoms with Crippen LogP contribution in [0.5, 0.6) is 0 Å². The van der Waals surface area contributed by atoms with Crippen molar-refractivity contribution in [1.82, 2.24) is 4.57 Å². The molecule has 0 spiro atoms. The summed E-state index contributed by atoms with van der Waals surface area (Å²) >= 11 is 0. The van der Waals surface area contributed by atoms with Crippen molar-refractivity contribution in [2.45, 2.75) is 97.0 Å². The summed E-state index contributed by atoms with van der Waals surface area (Å²) < 4.78 is 36.1. The number of aromatic nitrogens is 1. The zero-order valence-electron chi connectivity index (χ0n) is 30.3. The van der Waals surface area contributed by atoms with Gasteiger partial charge in [0.2, 0.25) is 0 Å². The molecular weight excluding hydrogens is 639 g/mol. The lowest BCUT2D eigenvalue weighted by molar-refractivity contribution is -0.256. The summed E-state index contributed by atoms with van der Waals surface area (Å²) in [6, 6.07) is 36.3. The summed E-state index contributed by atoms with van der Waals surface area (Å²) in [7, 11) is 0. The van der Waals surface area contributed by atoms with Crippen LogP contribution in [0, 0.1) is 5.82 Å². The number of anilines is 1. The zero-order chi connectivity index (χ0) is 36.0. The highest BCUT2D eigenvalue weighted by molar-refractivity contribution is 6.12. The Balaban J connectivity index is 1.40. The lowest BCUT2D eigenvalue weighted by Crippen LogP contribution is -2.42. The van der Waals surface area contributed by atoms with Crippen molar-refractivity contribution >= 4 is 11.6 Å². The van der Waals surface area contributed by atoms with Crippen LogP contribution in [0.4, 0.5) is 10.1 Å². The van der Waals surface area contributed by atoms with Crippen LogP contribution in [0.1, 0.15) is 81.4 Å². The van der Waals surface area contributed by atoms with Gasteiger partial charge in [0.25, 0.3) is 5.91 Å². The summed E-state index contributed by atoms with van der Waals surface area (Å²) in [4.78, 5) is 14.5. The van der Waals surface area contributed by atoms with Gasteiger partial charge in [-0.25, -0.2) is 4.39 Å². The molecule has 0 aliphatic carbocycles. The molecule has 1 aliphatic rings. The fourth-order valence-corrected chi connectivity index (χ4v) is 6.99. The first-order valence-corrected chi connectivity index (χ1v) is 18.0. The molecule has 2 unspecified atom stereocenters. The van der Waals surface area contributed by atoms with E-state index in [0.717, 1.165) is 33.6 Å². The third-order valence-electron chi connectivity index (χ3n) is 9.10. The normalized spacial score (nSPS) is 17.8. The Bertz CT molecular complexity index is 1870. The van der Waals surface area contributed by atoms with Crippen LogP contribution < -0.4 is 5.32 Å². The minimum absolute atomic E-state index is 0.00983. The first-order valence-electron chi connectivity index (χ1n) is 18.0. The van der Waals surface area contributed by atoms with E-state index in [9.17, 15) is 9.18 Å². The Morgan fingerprint density at radius 2 is 1.49 bits per heavy atom. The second-order valence-electron chi connectivity index (χ2n) is 14.6. The SMILES string of the molecule is CC(C)c1c(C(=O)Nc2ccccc2)c(-c2ccccc2)c(-c2ccc(F)cc2)n1CC[C@@H]1CC(OCc2ccccc2)CC(OC(C)(C)C)O1. The van der Waals surface area contributed by atoms with Crippen molar-refractivity contribution in [2.24, 2.45) is 0 Å². The van der Waals surface area contributed by atoms with Crippen LogP contribution in [0.2, 0.25) is 0 Å². The molecule has 3 atom stereocenters. The number of nitrogens with one attached hydrogen (secondary N) is 1. The van der Waals surface area contributed by atoms with Crippen LogP contribution in [0.3, 0.4) is 0 Å². The van der Waals surface area contributed by atoms with Crippen molar-refractivity contribution in [3.05, 3.63) is 138 Å². The number of ether oxygens (including phenoxy) is 3. The Kier molecular flexibility index (Phi) is 11.5. The number of halogens is 1. The molecule has 1 saturated heterocycles. The van der Waals surface area contributed by atoms with Gasteiger partial charge in [-0.3, -0.25) is 4.79 Å². The molecule has 1 aliphatic heterocycles. The van der Waals surface area contributed by atoms with Gasteiger partial charge >= 0.3 is 0 Å². The van der Waals surface area contributed by atoms with E-state index in [4.69, 9.17) is 14.2 Å². The van der Waals surface area contributed by atoms with Gasteiger partial charge in [0.1, 0.15) is 5.82 Å². The first kappa shape index (κ1) is 36.2. The number of hydrogen-bond donors (Lipinski definition) is 1. The fraction of sp³-hybridized carbons (Fsp3) is 0.341. The number of carbonyl (C=O) groups excluding carboxylic acids is 1. The molecule has 4 aromatic carbocycles. The van der Waals surface area contributed by atoms with Crippen LogP contribution in [-0.4, -0.2) is 34.6 Å². The highest BCUT2D eigenvalue weighted by Crippen LogP contribution is 2.43. The number of carbonyl (C=O) groups is 1. The molecule has 5 aromatic rings. The molecule has 6 nitrogen and oxygen atoms in total. The predicted molar refractivity (Wildman–Crippen MR) is 202 cm³/mol. The minimum atomic E-state index is -0.414. The number of nitrogens with zero attached hydrogens (tertiary/aromatic N) is 1. The van der Waals surface area contributed by atoms with E-state index in [1.165, 1.54) is 12.1 Å². The summed E-state index contributed by atoms with van der Waals surface area (Å²) in [5.41, 5.74) is 6.43. The van der Waals surface area contributed by atoms with Gasteiger partial charge in [0, 0.05) is 36.3 Å². The second-order valence-corrected chi connectivity index (χ2v) is 14.6. The number of benzene rings is 4. The molecule has 6 rings (SSSR count). The summed E-state index contributed by atoms with van der Waals surface area (Å²) in [6.07, 6.45) is 1.40.